The monoisotopic (exact) mass is 242 g/mol. The minimum atomic E-state index is -0.0889. The van der Waals surface area contributed by atoms with Gasteiger partial charge in [-0.1, -0.05) is 6.92 Å². The lowest BCUT2D eigenvalue weighted by Gasteiger charge is -2.43. The number of nitrogens with one attached hydrogen (secondary N) is 1. The van der Waals surface area contributed by atoms with Crippen molar-refractivity contribution in [1.82, 2.24) is 10.2 Å². The lowest BCUT2D eigenvalue weighted by molar-refractivity contribution is 0.0284. The van der Waals surface area contributed by atoms with Crippen LogP contribution < -0.4 is 5.32 Å². The van der Waals surface area contributed by atoms with Gasteiger partial charge in [-0.2, -0.15) is 0 Å². The van der Waals surface area contributed by atoms with Crippen LogP contribution in [0.25, 0.3) is 0 Å². The van der Waals surface area contributed by atoms with Crippen LogP contribution >= 0.6 is 0 Å². The van der Waals surface area contributed by atoms with Crippen molar-refractivity contribution in [2.24, 2.45) is 0 Å². The van der Waals surface area contributed by atoms with Crippen molar-refractivity contribution < 1.29 is 5.11 Å². The summed E-state index contributed by atoms with van der Waals surface area (Å²) in [5.74, 6) is 0. The summed E-state index contributed by atoms with van der Waals surface area (Å²) in [6.45, 7) is 7.84. The Morgan fingerprint density at radius 3 is 2.29 bits per heavy atom. The van der Waals surface area contributed by atoms with E-state index in [0.29, 0.717) is 6.04 Å². The Bertz CT molecular complexity index is 210. The minimum absolute atomic E-state index is 0.0889. The Balaban J connectivity index is 2.36. The molecule has 0 atom stereocenters. The first kappa shape index (κ1) is 14.9. The van der Waals surface area contributed by atoms with Crippen molar-refractivity contribution in [2.75, 3.05) is 20.2 Å². The molecule has 17 heavy (non-hydrogen) atoms. The van der Waals surface area contributed by atoms with Crippen LogP contribution in [0.3, 0.4) is 0 Å². The summed E-state index contributed by atoms with van der Waals surface area (Å²) >= 11 is 0. The van der Waals surface area contributed by atoms with Gasteiger partial charge < -0.3 is 10.4 Å². The van der Waals surface area contributed by atoms with E-state index in [0.717, 1.165) is 12.6 Å². The topological polar surface area (TPSA) is 35.5 Å². The quantitative estimate of drug-likeness (QED) is 0.748. The molecule has 2 N–H and O–H groups in total. The molecule has 1 fully saturated rings. The second kappa shape index (κ2) is 6.72. The van der Waals surface area contributed by atoms with Crippen LogP contribution in [0.5, 0.6) is 0 Å². The van der Waals surface area contributed by atoms with Crippen LogP contribution in [0.1, 0.15) is 52.9 Å². The van der Waals surface area contributed by atoms with Gasteiger partial charge in [-0.3, -0.25) is 4.90 Å². The van der Waals surface area contributed by atoms with E-state index in [4.69, 9.17) is 0 Å². The highest BCUT2D eigenvalue weighted by molar-refractivity contribution is 4.88. The van der Waals surface area contributed by atoms with Crippen LogP contribution in [0.2, 0.25) is 0 Å². The summed E-state index contributed by atoms with van der Waals surface area (Å²) in [6.07, 6.45) is 6.27. The molecule has 0 aromatic carbocycles. The van der Waals surface area contributed by atoms with Crippen molar-refractivity contribution in [1.29, 1.82) is 0 Å². The van der Waals surface area contributed by atoms with E-state index in [1.807, 2.05) is 0 Å². The number of aliphatic hydroxyl groups excluding tert-OH is 1. The Hall–Kier alpha value is -0.120. The number of nitrogens with zero attached hydrogens (tertiary/aromatic N) is 1. The van der Waals surface area contributed by atoms with Crippen molar-refractivity contribution in [3.63, 3.8) is 0 Å². The highest BCUT2D eigenvalue weighted by Gasteiger charge is 2.31. The van der Waals surface area contributed by atoms with Gasteiger partial charge in [0.1, 0.15) is 0 Å². The zero-order valence-electron chi connectivity index (χ0n) is 12.0. The molecule has 0 heterocycles. The second-order valence-corrected chi connectivity index (χ2v) is 6.04. The molecule has 0 saturated heterocycles. The summed E-state index contributed by atoms with van der Waals surface area (Å²) in [5, 5.41) is 13.0. The van der Waals surface area contributed by atoms with Crippen molar-refractivity contribution >= 4 is 0 Å². The Morgan fingerprint density at radius 1 is 1.24 bits per heavy atom. The van der Waals surface area contributed by atoms with Gasteiger partial charge in [0.2, 0.25) is 0 Å². The van der Waals surface area contributed by atoms with Crippen LogP contribution in [0, 0.1) is 0 Å². The van der Waals surface area contributed by atoms with Crippen molar-refractivity contribution in [3.8, 4) is 0 Å². The molecule has 1 aliphatic carbocycles. The summed E-state index contributed by atoms with van der Waals surface area (Å²) in [6, 6.07) is 1.36. The summed E-state index contributed by atoms with van der Waals surface area (Å²) in [5.41, 5.74) is -0.0889. The zero-order chi connectivity index (χ0) is 12.9. The molecule has 102 valence electrons. The Labute approximate surface area is 107 Å². The van der Waals surface area contributed by atoms with E-state index in [-0.39, 0.29) is 12.1 Å². The molecule has 0 aliphatic heterocycles. The molecular weight excluding hydrogens is 212 g/mol. The first-order valence-corrected chi connectivity index (χ1v) is 7.08. The van der Waals surface area contributed by atoms with Gasteiger partial charge in [-0.05, 0) is 59.5 Å². The average molecular weight is 242 g/mol. The third-order valence-electron chi connectivity index (χ3n) is 4.27. The number of hydrogen-bond acceptors (Lipinski definition) is 3. The second-order valence-electron chi connectivity index (χ2n) is 6.04. The molecule has 0 amide bonds. The van der Waals surface area contributed by atoms with Crippen LogP contribution in [-0.2, 0) is 0 Å². The largest absolute Gasteiger partial charge is 0.394 e. The number of likely N-dealkylation sites (N-methyl/N-ethyl adjacent to an activating group) is 1. The maximum absolute atomic E-state index is 9.41. The van der Waals surface area contributed by atoms with Gasteiger partial charge >= 0.3 is 0 Å². The molecule has 0 aromatic rings. The maximum atomic E-state index is 9.41. The Kier molecular flexibility index (Phi) is 5.90. The number of rotatable bonds is 6. The van der Waals surface area contributed by atoms with Crippen LogP contribution in [-0.4, -0.2) is 47.8 Å². The molecule has 0 aromatic heterocycles. The minimum Gasteiger partial charge on any atom is -0.394 e. The smallest absolute Gasteiger partial charge is 0.0610 e. The van der Waals surface area contributed by atoms with Crippen molar-refractivity contribution in [3.05, 3.63) is 0 Å². The van der Waals surface area contributed by atoms with Crippen LogP contribution in [0.15, 0.2) is 0 Å². The van der Waals surface area contributed by atoms with Crippen LogP contribution in [0.4, 0.5) is 0 Å². The number of hydrogen-bond donors (Lipinski definition) is 2. The van der Waals surface area contributed by atoms with Gasteiger partial charge in [-0.15, -0.1) is 0 Å². The molecule has 0 unspecified atom stereocenters. The predicted octanol–water partition coefficient (Wildman–Crippen LogP) is 2.00. The van der Waals surface area contributed by atoms with Crippen molar-refractivity contribution in [2.45, 2.75) is 70.5 Å². The third-order valence-corrected chi connectivity index (χ3v) is 4.27. The predicted molar refractivity (Wildman–Crippen MR) is 73.3 cm³/mol. The highest BCUT2D eigenvalue weighted by atomic mass is 16.3. The van der Waals surface area contributed by atoms with Gasteiger partial charge in [0, 0.05) is 17.6 Å². The van der Waals surface area contributed by atoms with Gasteiger partial charge in [0.15, 0.2) is 0 Å². The molecule has 3 heteroatoms. The van der Waals surface area contributed by atoms with Gasteiger partial charge in [0.25, 0.3) is 0 Å². The molecule has 1 aliphatic rings. The SMILES string of the molecule is CCCNC1CCC(N(C)C(C)(C)CO)CC1. The highest BCUT2D eigenvalue weighted by Crippen LogP contribution is 2.27. The first-order valence-electron chi connectivity index (χ1n) is 7.08. The van der Waals surface area contributed by atoms with E-state index < -0.39 is 0 Å². The fraction of sp³-hybridized carbons (Fsp3) is 1.00. The average Bonchev–Trinajstić information content (AvgIpc) is 2.36. The molecule has 1 saturated carbocycles. The maximum Gasteiger partial charge on any atom is 0.0610 e. The normalized spacial score (nSPS) is 26.5. The van der Waals surface area contributed by atoms with Gasteiger partial charge in [-0.25, -0.2) is 0 Å². The van der Waals surface area contributed by atoms with E-state index in [1.54, 1.807) is 0 Å². The molecular formula is C14H30N2O. The summed E-state index contributed by atoms with van der Waals surface area (Å²) in [4.78, 5) is 2.36. The lowest BCUT2D eigenvalue weighted by Crippen LogP contribution is -2.52. The summed E-state index contributed by atoms with van der Waals surface area (Å²) in [7, 11) is 2.15. The standard InChI is InChI=1S/C14H30N2O/c1-5-10-15-12-6-8-13(9-7-12)16(4)14(2,3)11-17/h12-13,15,17H,5-11H2,1-4H3. The fourth-order valence-corrected chi connectivity index (χ4v) is 2.62. The lowest BCUT2D eigenvalue weighted by atomic mass is 9.88. The third kappa shape index (κ3) is 4.23. The molecule has 0 bridgehead atoms. The first-order chi connectivity index (χ1) is 8.01. The van der Waals surface area contributed by atoms with E-state index in [9.17, 15) is 5.11 Å². The molecule has 1 rings (SSSR count). The number of aliphatic hydroxyl groups is 1. The fourth-order valence-electron chi connectivity index (χ4n) is 2.62. The van der Waals surface area contributed by atoms with E-state index in [1.165, 1.54) is 32.1 Å². The molecule has 0 spiro atoms. The van der Waals surface area contributed by atoms with E-state index in [2.05, 4.69) is 38.0 Å². The molecule has 0 radical (unpaired) electrons. The summed E-state index contributed by atoms with van der Waals surface area (Å²) < 4.78 is 0. The van der Waals surface area contributed by atoms with Gasteiger partial charge in [0.05, 0.1) is 6.61 Å². The molecule has 3 nitrogen and oxygen atoms in total. The Morgan fingerprint density at radius 2 is 1.82 bits per heavy atom. The van der Waals surface area contributed by atoms with E-state index >= 15 is 0 Å². The zero-order valence-corrected chi connectivity index (χ0v) is 12.0.